The van der Waals surface area contributed by atoms with Crippen LogP contribution in [-0.2, 0) is 4.79 Å². The largest absolute Gasteiger partial charge is 0.331 e. The lowest BCUT2D eigenvalue weighted by Gasteiger charge is -2.13. The average Bonchev–Trinajstić information content (AvgIpc) is 2.63. The van der Waals surface area contributed by atoms with Crippen LogP contribution in [0.4, 0.5) is 0 Å². The lowest BCUT2D eigenvalue weighted by Crippen LogP contribution is -2.26. The third-order valence-electron chi connectivity index (χ3n) is 2.78. The van der Waals surface area contributed by atoms with E-state index < -0.39 is 0 Å². The van der Waals surface area contributed by atoms with Crippen LogP contribution in [0.15, 0.2) is 30.3 Å². The maximum absolute atomic E-state index is 11.9. The van der Waals surface area contributed by atoms with Gasteiger partial charge >= 0.3 is 0 Å². The molecule has 1 aliphatic rings. The summed E-state index contributed by atoms with van der Waals surface area (Å²) in [5, 5.41) is 0. The number of rotatable bonds is 2. The SMILES string of the molecule is C#CCN1CC[C@@H](c2ccccc2)C1=O. The van der Waals surface area contributed by atoms with E-state index in [0.717, 1.165) is 18.5 Å². The third-order valence-corrected chi connectivity index (χ3v) is 2.78. The van der Waals surface area contributed by atoms with Crippen LogP contribution < -0.4 is 0 Å². The summed E-state index contributed by atoms with van der Waals surface area (Å²) in [4.78, 5) is 13.7. The molecule has 0 saturated carbocycles. The van der Waals surface area contributed by atoms with Crippen LogP contribution in [0.1, 0.15) is 17.9 Å². The van der Waals surface area contributed by atoms with Gasteiger partial charge in [-0.2, -0.15) is 0 Å². The lowest BCUT2D eigenvalue weighted by atomic mass is 9.98. The van der Waals surface area contributed by atoms with Crippen LogP contribution in [0.2, 0.25) is 0 Å². The summed E-state index contributed by atoms with van der Waals surface area (Å²) >= 11 is 0. The number of hydrogen-bond acceptors (Lipinski definition) is 1. The van der Waals surface area contributed by atoms with Gasteiger partial charge in [0.15, 0.2) is 0 Å². The van der Waals surface area contributed by atoms with Gasteiger partial charge in [-0.3, -0.25) is 4.79 Å². The second kappa shape index (κ2) is 4.18. The van der Waals surface area contributed by atoms with Crippen molar-refractivity contribution in [3.8, 4) is 12.3 Å². The van der Waals surface area contributed by atoms with Gasteiger partial charge in [0, 0.05) is 6.54 Å². The zero-order valence-corrected chi connectivity index (χ0v) is 8.52. The summed E-state index contributed by atoms with van der Waals surface area (Å²) < 4.78 is 0. The molecule has 1 saturated heterocycles. The number of likely N-dealkylation sites (tertiary alicyclic amines) is 1. The molecule has 1 fully saturated rings. The van der Waals surface area contributed by atoms with Gasteiger partial charge in [0.05, 0.1) is 12.5 Å². The molecule has 0 unspecified atom stereocenters. The van der Waals surface area contributed by atoms with Crippen LogP contribution in [0.5, 0.6) is 0 Å². The fourth-order valence-corrected chi connectivity index (χ4v) is 2.00. The molecule has 1 amide bonds. The van der Waals surface area contributed by atoms with Gasteiger partial charge in [-0.1, -0.05) is 36.3 Å². The molecule has 1 atom stereocenters. The van der Waals surface area contributed by atoms with Gasteiger partial charge in [0.1, 0.15) is 0 Å². The van der Waals surface area contributed by atoms with E-state index in [1.165, 1.54) is 0 Å². The highest BCUT2D eigenvalue weighted by atomic mass is 16.2. The fraction of sp³-hybridized carbons (Fsp3) is 0.308. The number of hydrogen-bond donors (Lipinski definition) is 0. The minimum atomic E-state index is 0.0135. The maximum atomic E-state index is 11.9. The van der Waals surface area contributed by atoms with E-state index >= 15 is 0 Å². The predicted octanol–water partition coefficient (Wildman–Crippen LogP) is 1.64. The molecule has 1 aliphatic heterocycles. The molecule has 1 heterocycles. The van der Waals surface area contributed by atoms with Crippen molar-refractivity contribution in [3.05, 3.63) is 35.9 Å². The van der Waals surface area contributed by atoms with Gasteiger partial charge in [-0.15, -0.1) is 6.42 Å². The van der Waals surface area contributed by atoms with Gasteiger partial charge in [0.2, 0.25) is 5.91 Å². The van der Waals surface area contributed by atoms with E-state index in [9.17, 15) is 4.79 Å². The molecular weight excluding hydrogens is 186 g/mol. The van der Waals surface area contributed by atoms with Crippen LogP contribution in [0, 0.1) is 12.3 Å². The lowest BCUT2D eigenvalue weighted by molar-refractivity contribution is -0.128. The molecule has 0 N–H and O–H groups in total. The molecule has 2 rings (SSSR count). The smallest absolute Gasteiger partial charge is 0.230 e. The Morgan fingerprint density at radius 2 is 2.13 bits per heavy atom. The Labute approximate surface area is 89.9 Å². The first kappa shape index (κ1) is 9.79. The molecule has 15 heavy (non-hydrogen) atoms. The normalized spacial score (nSPS) is 20.3. The molecule has 0 aromatic heterocycles. The summed E-state index contributed by atoms with van der Waals surface area (Å²) in [6, 6.07) is 9.89. The highest BCUT2D eigenvalue weighted by molar-refractivity contribution is 5.85. The zero-order valence-electron chi connectivity index (χ0n) is 8.52. The van der Waals surface area contributed by atoms with Gasteiger partial charge in [0.25, 0.3) is 0 Å². The molecule has 0 radical (unpaired) electrons. The van der Waals surface area contributed by atoms with Crippen LogP contribution in [0.3, 0.4) is 0 Å². The Bertz CT molecular complexity index is 391. The van der Waals surface area contributed by atoms with E-state index in [4.69, 9.17) is 6.42 Å². The van der Waals surface area contributed by atoms with Gasteiger partial charge in [-0.05, 0) is 12.0 Å². The molecule has 1 aromatic carbocycles. The van der Waals surface area contributed by atoms with E-state index in [2.05, 4.69) is 5.92 Å². The highest BCUT2D eigenvalue weighted by Gasteiger charge is 2.31. The van der Waals surface area contributed by atoms with E-state index in [-0.39, 0.29) is 11.8 Å². The third kappa shape index (κ3) is 1.87. The molecule has 0 aliphatic carbocycles. The first-order valence-electron chi connectivity index (χ1n) is 5.10. The number of amides is 1. The van der Waals surface area contributed by atoms with Crippen molar-refractivity contribution in [1.82, 2.24) is 4.90 Å². The Kier molecular flexibility index (Phi) is 2.73. The molecular formula is C13H13NO. The Balaban J connectivity index is 2.15. The van der Waals surface area contributed by atoms with E-state index in [0.29, 0.717) is 6.54 Å². The molecule has 76 valence electrons. The molecule has 2 nitrogen and oxygen atoms in total. The predicted molar refractivity (Wildman–Crippen MR) is 59.2 cm³/mol. The van der Waals surface area contributed by atoms with Crippen molar-refractivity contribution in [2.75, 3.05) is 13.1 Å². The minimum absolute atomic E-state index is 0.0135. The summed E-state index contributed by atoms with van der Waals surface area (Å²) in [7, 11) is 0. The molecule has 0 spiro atoms. The number of benzene rings is 1. The fourth-order valence-electron chi connectivity index (χ4n) is 2.00. The topological polar surface area (TPSA) is 20.3 Å². The van der Waals surface area contributed by atoms with Crippen molar-refractivity contribution in [2.24, 2.45) is 0 Å². The second-order valence-electron chi connectivity index (χ2n) is 3.72. The van der Waals surface area contributed by atoms with Crippen molar-refractivity contribution in [1.29, 1.82) is 0 Å². The monoisotopic (exact) mass is 199 g/mol. The highest BCUT2D eigenvalue weighted by Crippen LogP contribution is 2.27. The molecule has 2 heteroatoms. The van der Waals surface area contributed by atoms with Crippen LogP contribution in [0.25, 0.3) is 0 Å². The van der Waals surface area contributed by atoms with Crippen molar-refractivity contribution in [3.63, 3.8) is 0 Å². The number of carbonyl (C=O) groups excluding carboxylic acids is 1. The number of carbonyl (C=O) groups is 1. The van der Waals surface area contributed by atoms with E-state index in [1.807, 2.05) is 30.3 Å². The standard InChI is InChI=1S/C13H13NO/c1-2-9-14-10-8-12(13(14)15)11-6-4-3-5-7-11/h1,3-7,12H,8-10H2/t12-/m0/s1. The second-order valence-corrected chi connectivity index (χ2v) is 3.72. The van der Waals surface area contributed by atoms with Crippen molar-refractivity contribution < 1.29 is 4.79 Å². The summed E-state index contributed by atoms with van der Waals surface area (Å²) in [6.45, 7) is 1.21. The quantitative estimate of drug-likeness (QED) is 0.663. The first-order valence-corrected chi connectivity index (χ1v) is 5.10. The van der Waals surface area contributed by atoms with Crippen molar-refractivity contribution >= 4 is 5.91 Å². The average molecular weight is 199 g/mol. The summed E-state index contributed by atoms with van der Waals surface area (Å²) in [5.74, 6) is 2.70. The van der Waals surface area contributed by atoms with Gasteiger partial charge in [-0.25, -0.2) is 0 Å². The first-order chi connectivity index (χ1) is 7.33. The Morgan fingerprint density at radius 1 is 1.40 bits per heavy atom. The summed E-state index contributed by atoms with van der Waals surface area (Å²) in [5.41, 5.74) is 1.10. The molecule has 1 aromatic rings. The Morgan fingerprint density at radius 3 is 2.80 bits per heavy atom. The molecule has 0 bridgehead atoms. The summed E-state index contributed by atoms with van der Waals surface area (Å²) in [6.07, 6.45) is 6.09. The van der Waals surface area contributed by atoms with Crippen LogP contribution >= 0.6 is 0 Å². The number of terminal acetylenes is 1. The van der Waals surface area contributed by atoms with Gasteiger partial charge < -0.3 is 4.90 Å². The van der Waals surface area contributed by atoms with Crippen molar-refractivity contribution in [2.45, 2.75) is 12.3 Å². The van der Waals surface area contributed by atoms with Crippen LogP contribution in [-0.4, -0.2) is 23.9 Å². The maximum Gasteiger partial charge on any atom is 0.230 e. The Hall–Kier alpha value is -1.75. The number of nitrogens with zero attached hydrogens (tertiary/aromatic N) is 1. The van der Waals surface area contributed by atoms with E-state index in [1.54, 1.807) is 4.90 Å². The minimum Gasteiger partial charge on any atom is -0.331 e. The zero-order chi connectivity index (χ0) is 10.7.